The van der Waals surface area contributed by atoms with Crippen LogP contribution in [-0.4, -0.2) is 27.9 Å². The van der Waals surface area contributed by atoms with Crippen molar-refractivity contribution in [1.82, 2.24) is 15.0 Å². The highest BCUT2D eigenvalue weighted by Crippen LogP contribution is 2.17. The van der Waals surface area contributed by atoms with Gasteiger partial charge in [0.15, 0.2) is 0 Å². The minimum absolute atomic E-state index is 0.118. The lowest BCUT2D eigenvalue weighted by molar-refractivity contribution is 0.0993. The van der Waals surface area contributed by atoms with Crippen LogP contribution in [0.25, 0.3) is 11.0 Å². The van der Waals surface area contributed by atoms with Gasteiger partial charge in [0.1, 0.15) is 5.82 Å². The number of hydrogen-bond acceptors (Lipinski definition) is 4. The van der Waals surface area contributed by atoms with Crippen LogP contribution < -0.4 is 10.6 Å². The molecule has 6 nitrogen and oxygen atoms in total. The Kier molecular flexibility index (Phi) is 2.83. The number of amides is 1. The van der Waals surface area contributed by atoms with Crippen molar-refractivity contribution in [3.63, 3.8) is 0 Å². The van der Waals surface area contributed by atoms with E-state index in [9.17, 15) is 4.79 Å². The van der Waals surface area contributed by atoms with Gasteiger partial charge in [-0.25, -0.2) is 9.97 Å². The summed E-state index contributed by atoms with van der Waals surface area (Å²) < 4.78 is 0. The molecule has 6 heteroatoms. The molecule has 0 aliphatic carbocycles. The molecule has 20 heavy (non-hydrogen) atoms. The number of hydrogen-bond donors (Lipinski definition) is 2. The van der Waals surface area contributed by atoms with E-state index < -0.39 is 0 Å². The number of anilines is 2. The Bertz CT molecular complexity index is 763. The third kappa shape index (κ3) is 2.07. The van der Waals surface area contributed by atoms with Crippen molar-refractivity contribution in [1.29, 1.82) is 0 Å². The van der Waals surface area contributed by atoms with Gasteiger partial charge < -0.3 is 15.6 Å². The second kappa shape index (κ2) is 4.65. The van der Waals surface area contributed by atoms with Gasteiger partial charge in [0.05, 0.1) is 29.2 Å². The molecule has 0 atom stereocenters. The molecule has 0 radical (unpaired) electrons. The van der Waals surface area contributed by atoms with E-state index in [2.05, 4.69) is 15.0 Å². The van der Waals surface area contributed by atoms with E-state index in [4.69, 9.17) is 5.73 Å². The van der Waals surface area contributed by atoms with Crippen LogP contribution in [-0.2, 0) is 0 Å². The van der Waals surface area contributed by atoms with Crippen LogP contribution in [0.4, 0.5) is 11.5 Å². The summed E-state index contributed by atoms with van der Waals surface area (Å²) in [5.74, 6) is 0.307. The average molecular weight is 267 g/mol. The summed E-state index contributed by atoms with van der Waals surface area (Å²) in [6.07, 6.45) is 3.18. The van der Waals surface area contributed by atoms with Crippen LogP contribution in [0.15, 0.2) is 42.9 Å². The lowest BCUT2D eigenvalue weighted by atomic mass is 10.1. The highest BCUT2D eigenvalue weighted by atomic mass is 16.2. The molecule has 3 rings (SSSR count). The fourth-order valence-corrected chi connectivity index (χ4v) is 1.98. The third-order valence-electron chi connectivity index (χ3n) is 3.13. The predicted octanol–water partition coefficient (Wildman–Crippen LogP) is 1.82. The number of aromatic nitrogens is 3. The zero-order valence-corrected chi connectivity index (χ0v) is 10.9. The molecule has 0 unspecified atom stereocenters. The number of benzene rings is 1. The van der Waals surface area contributed by atoms with Gasteiger partial charge in [0, 0.05) is 12.6 Å². The van der Waals surface area contributed by atoms with Crippen molar-refractivity contribution in [3.8, 4) is 0 Å². The van der Waals surface area contributed by atoms with Gasteiger partial charge in [0.25, 0.3) is 5.91 Å². The number of carbonyl (C=O) groups excluding carboxylic acids is 1. The van der Waals surface area contributed by atoms with Crippen LogP contribution in [0, 0.1) is 0 Å². The van der Waals surface area contributed by atoms with E-state index in [0.717, 1.165) is 11.0 Å². The number of rotatable bonds is 2. The summed E-state index contributed by atoms with van der Waals surface area (Å²) in [7, 11) is 1.70. The molecule has 0 spiro atoms. The molecule has 3 aromatic rings. The van der Waals surface area contributed by atoms with E-state index in [1.54, 1.807) is 43.8 Å². The molecule has 0 aliphatic heterocycles. The Balaban J connectivity index is 1.92. The molecule has 0 saturated heterocycles. The van der Waals surface area contributed by atoms with Crippen LogP contribution >= 0.6 is 0 Å². The molecular formula is C14H13N5O. The molecular weight excluding hydrogens is 254 g/mol. The van der Waals surface area contributed by atoms with E-state index in [1.165, 1.54) is 4.90 Å². The minimum atomic E-state index is -0.118. The molecule has 0 aliphatic rings. The summed E-state index contributed by atoms with van der Waals surface area (Å²) >= 11 is 0. The second-order valence-electron chi connectivity index (χ2n) is 4.44. The Morgan fingerprint density at radius 2 is 2.10 bits per heavy atom. The Morgan fingerprint density at radius 1 is 1.25 bits per heavy atom. The van der Waals surface area contributed by atoms with Gasteiger partial charge in [0.2, 0.25) is 0 Å². The van der Waals surface area contributed by atoms with Crippen molar-refractivity contribution in [2.45, 2.75) is 0 Å². The first kappa shape index (κ1) is 12.2. The number of fused-ring (bicyclic) bond motifs is 1. The van der Waals surface area contributed by atoms with E-state index >= 15 is 0 Å². The molecule has 3 N–H and O–H groups in total. The highest BCUT2D eigenvalue weighted by molar-refractivity contribution is 6.07. The largest absolute Gasteiger partial charge is 0.384 e. The van der Waals surface area contributed by atoms with Crippen molar-refractivity contribution in [2.24, 2.45) is 0 Å². The van der Waals surface area contributed by atoms with Gasteiger partial charge >= 0.3 is 0 Å². The van der Waals surface area contributed by atoms with Crippen LogP contribution in [0.3, 0.4) is 0 Å². The summed E-state index contributed by atoms with van der Waals surface area (Å²) in [6, 6.07) is 8.78. The fourth-order valence-electron chi connectivity index (χ4n) is 1.98. The Morgan fingerprint density at radius 3 is 2.85 bits per heavy atom. The van der Waals surface area contributed by atoms with E-state index in [0.29, 0.717) is 17.1 Å². The summed E-state index contributed by atoms with van der Waals surface area (Å²) in [5, 5.41) is 0. The molecule has 1 amide bonds. The molecule has 0 bridgehead atoms. The zero-order chi connectivity index (χ0) is 14.1. The molecule has 0 saturated carbocycles. The van der Waals surface area contributed by atoms with Crippen LogP contribution in [0.2, 0.25) is 0 Å². The Labute approximate surface area is 115 Å². The fraction of sp³-hybridized carbons (Fsp3) is 0.0714. The average Bonchev–Trinajstić information content (AvgIpc) is 2.94. The molecule has 2 heterocycles. The first-order valence-corrected chi connectivity index (χ1v) is 6.08. The predicted molar refractivity (Wildman–Crippen MR) is 77.5 cm³/mol. The number of nitrogens with two attached hydrogens (primary N) is 1. The number of H-pyrrole nitrogens is 1. The lowest BCUT2D eigenvalue weighted by Crippen LogP contribution is -2.26. The van der Waals surface area contributed by atoms with E-state index in [-0.39, 0.29) is 5.91 Å². The van der Waals surface area contributed by atoms with Crippen molar-refractivity contribution < 1.29 is 4.79 Å². The molecule has 100 valence electrons. The van der Waals surface area contributed by atoms with Crippen molar-refractivity contribution in [3.05, 3.63) is 48.4 Å². The third-order valence-corrected chi connectivity index (χ3v) is 3.13. The quantitative estimate of drug-likeness (QED) is 0.741. The number of pyridine rings is 1. The molecule has 1 aromatic carbocycles. The van der Waals surface area contributed by atoms with Crippen LogP contribution in [0.5, 0.6) is 0 Å². The topological polar surface area (TPSA) is 87.9 Å². The number of nitrogens with zero attached hydrogens (tertiary/aromatic N) is 3. The second-order valence-corrected chi connectivity index (χ2v) is 4.44. The van der Waals surface area contributed by atoms with Gasteiger partial charge in [-0.15, -0.1) is 0 Å². The first-order chi connectivity index (χ1) is 9.65. The van der Waals surface area contributed by atoms with Gasteiger partial charge in [-0.05, 0) is 30.3 Å². The van der Waals surface area contributed by atoms with Gasteiger partial charge in [-0.3, -0.25) is 4.79 Å². The Hall–Kier alpha value is -2.89. The number of aromatic amines is 1. The maximum atomic E-state index is 12.4. The van der Waals surface area contributed by atoms with Gasteiger partial charge in [-0.1, -0.05) is 0 Å². The standard InChI is InChI=1S/C14H13N5O/c1-19(10-3-5-13(15)16-7-10)14(20)9-2-4-11-12(6-9)18-8-17-11/h2-8H,1H3,(H2,15,16)(H,17,18). The molecule has 0 fully saturated rings. The van der Waals surface area contributed by atoms with Crippen molar-refractivity contribution in [2.75, 3.05) is 17.7 Å². The summed E-state index contributed by atoms with van der Waals surface area (Å²) in [6.45, 7) is 0. The number of carbonyl (C=O) groups is 1. The number of nitrogen functional groups attached to an aromatic ring is 1. The number of imidazole rings is 1. The zero-order valence-electron chi connectivity index (χ0n) is 10.9. The number of nitrogens with one attached hydrogen (secondary N) is 1. The highest BCUT2D eigenvalue weighted by Gasteiger charge is 2.14. The summed E-state index contributed by atoms with van der Waals surface area (Å²) in [4.78, 5) is 25.1. The summed E-state index contributed by atoms with van der Waals surface area (Å²) in [5.41, 5.74) is 8.48. The lowest BCUT2D eigenvalue weighted by Gasteiger charge is -2.17. The normalized spacial score (nSPS) is 10.7. The SMILES string of the molecule is CN(C(=O)c1ccc2nc[nH]c2c1)c1ccc(N)nc1. The molecule has 2 aromatic heterocycles. The smallest absolute Gasteiger partial charge is 0.258 e. The maximum absolute atomic E-state index is 12.4. The van der Waals surface area contributed by atoms with Crippen molar-refractivity contribution >= 4 is 28.4 Å². The maximum Gasteiger partial charge on any atom is 0.258 e. The minimum Gasteiger partial charge on any atom is -0.384 e. The van der Waals surface area contributed by atoms with Gasteiger partial charge in [-0.2, -0.15) is 0 Å². The van der Waals surface area contributed by atoms with Crippen LogP contribution in [0.1, 0.15) is 10.4 Å². The monoisotopic (exact) mass is 267 g/mol. The van der Waals surface area contributed by atoms with E-state index in [1.807, 2.05) is 6.07 Å². The first-order valence-electron chi connectivity index (χ1n) is 6.08.